The molecule has 1 aliphatic heterocycles. The van der Waals surface area contributed by atoms with Crippen LogP contribution >= 0.6 is 0 Å². The van der Waals surface area contributed by atoms with E-state index in [0.29, 0.717) is 0 Å². The quantitative estimate of drug-likeness (QED) is 0.313. The van der Waals surface area contributed by atoms with Crippen LogP contribution in [0.4, 0.5) is 5.69 Å². The molecular weight excluding hydrogens is 366 g/mol. The molecule has 1 aromatic rings. The molecule has 1 aliphatic rings. The molecule has 0 unspecified atom stereocenters. The molecule has 0 bridgehead atoms. The second-order valence-electron chi connectivity index (χ2n) is 9.21. The van der Waals surface area contributed by atoms with Gasteiger partial charge in [-0.1, -0.05) is 39.8 Å². The van der Waals surface area contributed by atoms with Crippen LogP contribution in [0.25, 0.3) is 0 Å². The Morgan fingerprint density at radius 3 is 2.39 bits per heavy atom. The van der Waals surface area contributed by atoms with E-state index in [2.05, 4.69) is 52.9 Å². The first-order valence-corrected chi connectivity index (χ1v) is 13.2. The van der Waals surface area contributed by atoms with E-state index in [0.717, 1.165) is 43.9 Å². The van der Waals surface area contributed by atoms with Gasteiger partial charge in [0.15, 0.2) is 8.32 Å². The van der Waals surface area contributed by atoms with Crippen molar-refractivity contribution in [1.82, 2.24) is 0 Å². The minimum absolute atomic E-state index is 0.196. The van der Waals surface area contributed by atoms with Crippen LogP contribution < -0.4 is 9.64 Å². The van der Waals surface area contributed by atoms with Crippen LogP contribution in [-0.2, 0) is 9.22 Å². The maximum atomic E-state index is 13.2. The molecule has 4 nitrogen and oxygen atoms in total. The summed E-state index contributed by atoms with van der Waals surface area (Å²) in [5.41, 5.74) is 0.549. The third kappa shape index (κ3) is 4.87. The highest BCUT2D eigenvalue weighted by atomic mass is 28.4. The summed E-state index contributed by atoms with van der Waals surface area (Å²) < 4.78 is 11.5. The van der Waals surface area contributed by atoms with E-state index in [1.807, 2.05) is 29.2 Å². The maximum absolute atomic E-state index is 13.2. The van der Waals surface area contributed by atoms with Crippen molar-refractivity contribution in [3.8, 4) is 5.75 Å². The molecule has 1 atom stereocenters. The largest absolute Gasteiger partial charge is 0.497 e. The van der Waals surface area contributed by atoms with Crippen molar-refractivity contribution in [1.29, 1.82) is 0 Å². The number of carbonyl (C=O) groups is 1. The van der Waals surface area contributed by atoms with Crippen LogP contribution in [0, 0.1) is 5.41 Å². The first-order chi connectivity index (χ1) is 13.1. The average molecular weight is 404 g/mol. The fraction of sp³-hybridized carbons (Fsp3) is 0.609. The van der Waals surface area contributed by atoms with Gasteiger partial charge in [0, 0.05) is 18.8 Å². The Bertz CT molecular complexity index is 691. The zero-order chi connectivity index (χ0) is 21.0. The molecule has 1 fully saturated rings. The molecule has 5 heteroatoms. The molecule has 156 valence electrons. The number of methoxy groups -OCH3 is 1. The first-order valence-electron chi connectivity index (χ1n) is 10.3. The fourth-order valence-electron chi connectivity index (χ4n) is 3.31. The van der Waals surface area contributed by atoms with Crippen LogP contribution in [0.5, 0.6) is 5.75 Å². The Morgan fingerprint density at radius 1 is 1.21 bits per heavy atom. The van der Waals surface area contributed by atoms with Gasteiger partial charge in [-0.3, -0.25) is 4.79 Å². The Labute approximate surface area is 172 Å². The summed E-state index contributed by atoms with van der Waals surface area (Å²) in [7, 11) is -0.0586. The molecule has 0 spiro atoms. The Hall–Kier alpha value is -1.59. The molecule has 1 saturated heterocycles. The Balaban J connectivity index is 1.99. The van der Waals surface area contributed by atoms with Crippen LogP contribution in [0.15, 0.2) is 36.4 Å². The topological polar surface area (TPSA) is 38.8 Å². The fourth-order valence-corrected chi connectivity index (χ4v) is 4.37. The predicted octanol–water partition coefficient (Wildman–Crippen LogP) is 5.80. The van der Waals surface area contributed by atoms with Crippen LogP contribution in [0.2, 0.25) is 18.1 Å². The lowest BCUT2D eigenvalue weighted by atomic mass is 9.83. The molecule has 0 aliphatic carbocycles. The van der Waals surface area contributed by atoms with E-state index in [1.165, 1.54) is 0 Å². The summed E-state index contributed by atoms with van der Waals surface area (Å²) in [5, 5.41) is 0.224. The van der Waals surface area contributed by atoms with Gasteiger partial charge < -0.3 is 14.1 Å². The Morgan fingerprint density at radius 2 is 1.86 bits per heavy atom. The minimum atomic E-state index is -1.71. The van der Waals surface area contributed by atoms with Crippen molar-refractivity contribution in [2.24, 2.45) is 5.41 Å². The van der Waals surface area contributed by atoms with Gasteiger partial charge in [-0.25, -0.2) is 0 Å². The first kappa shape index (κ1) is 22.7. The number of amides is 1. The van der Waals surface area contributed by atoms with Crippen molar-refractivity contribution in [3.63, 3.8) is 0 Å². The lowest BCUT2D eigenvalue weighted by Gasteiger charge is -2.36. The van der Waals surface area contributed by atoms with Gasteiger partial charge in [0.05, 0.1) is 12.5 Å². The second kappa shape index (κ2) is 8.83. The number of ether oxygens (including phenoxy) is 1. The van der Waals surface area contributed by atoms with E-state index in [4.69, 9.17) is 9.16 Å². The molecule has 2 rings (SSSR count). The molecule has 1 aromatic carbocycles. The van der Waals surface area contributed by atoms with Crippen molar-refractivity contribution in [2.45, 2.75) is 65.1 Å². The summed E-state index contributed by atoms with van der Waals surface area (Å²) in [5.74, 6) is 1.00. The summed E-state index contributed by atoms with van der Waals surface area (Å²) in [6.07, 6.45) is 6.80. The van der Waals surface area contributed by atoms with Gasteiger partial charge in [0.25, 0.3) is 0 Å². The molecular formula is C23H37NO3Si. The van der Waals surface area contributed by atoms with E-state index in [1.54, 1.807) is 7.11 Å². The van der Waals surface area contributed by atoms with E-state index >= 15 is 0 Å². The highest BCUT2D eigenvalue weighted by Gasteiger charge is 2.43. The molecule has 1 amide bonds. The average Bonchev–Trinajstić information content (AvgIpc) is 2.97. The lowest BCUT2D eigenvalue weighted by molar-refractivity contribution is -0.123. The Kier molecular flexibility index (Phi) is 7.15. The maximum Gasteiger partial charge on any atom is 0.237 e. The van der Waals surface area contributed by atoms with E-state index in [-0.39, 0.29) is 10.9 Å². The van der Waals surface area contributed by atoms with Crippen molar-refractivity contribution in [2.75, 3.05) is 25.2 Å². The molecule has 28 heavy (non-hydrogen) atoms. The number of nitrogens with zero attached hydrogens (tertiary/aromatic N) is 1. The normalized spacial score (nSPS) is 21.0. The second-order valence-corrected chi connectivity index (χ2v) is 14.0. The van der Waals surface area contributed by atoms with Crippen molar-refractivity contribution in [3.05, 3.63) is 36.4 Å². The number of hydrogen-bond donors (Lipinski definition) is 0. The highest BCUT2D eigenvalue weighted by Crippen LogP contribution is 2.40. The zero-order valence-electron chi connectivity index (χ0n) is 18.7. The summed E-state index contributed by atoms with van der Waals surface area (Å²) >= 11 is 0. The van der Waals surface area contributed by atoms with Crippen LogP contribution in [0.3, 0.4) is 0 Å². The number of benzene rings is 1. The zero-order valence-corrected chi connectivity index (χ0v) is 19.7. The molecule has 0 radical (unpaired) electrons. The monoisotopic (exact) mass is 403 g/mol. The SMILES string of the molecule is CC[C@@]1(/C=C/CCO[Si](C)(C)C(C)(C)C)CCN(c2ccc(OC)cc2)C1=O. The van der Waals surface area contributed by atoms with Gasteiger partial charge in [-0.15, -0.1) is 0 Å². The van der Waals surface area contributed by atoms with Gasteiger partial charge in [0.1, 0.15) is 5.75 Å². The number of rotatable bonds is 8. The van der Waals surface area contributed by atoms with Crippen LogP contribution in [-0.4, -0.2) is 34.5 Å². The standard InChI is InChI=1S/C23H37NO3Si/c1-8-23(15-9-10-18-27-28(6,7)22(2,3)4)16-17-24(21(23)25)19-11-13-20(26-5)14-12-19/h9,11-15H,8,10,16-18H2,1-7H3/b15-9+/t23-/m1/s1. The number of anilines is 1. The van der Waals surface area contributed by atoms with Gasteiger partial charge in [0.2, 0.25) is 5.91 Å². The van der Waals surface area contributed by atoms with Crippen LogP contribution in [0.1, 0.15) is 47.0 Å². The number of carbonyl (C=O) groups excluding carboxylic acids is 1. The summed E-state index contributed by atoms with van der Waals surface area (Å²) in [4.78, 5) is 15.1. The summed E-state index contributed by atoms with van der Waals surface area (Å²) in [6, 6.07) is 7.73. The van der Waals surface area contributed by atoms with Crippen molar-refractivity contribution < 1.29 is 14.0 Å². The number of hydrogen-bond acceptors (Lipinski definition) is 3. The highest BCUT2D eigenvalue weighted by molar-refractivity contribution is 6.74. The minimum Gasteiger partial charge on any atom is -0.497 e. The smallest absolute Gasteiger partial charge is 0.237 e. The molecule has 1 heterocycles. The molecule has 0 N–H and O–H groups in total. The van der Waals surface area contributed by atoms with Gasteiger partial charge >= 0.3 is 0 Å². The third-order valence-corrected chi connectivity index (χ3v) is 11.0. The van der Waals surface area contributed by atoms with Gasteiger partial charge in [-0.05, 0) is 61.7 Å². The van der Waals surface area contributed by atoms with Crippen molar-refractivity contribution >= 4 is 19.9 Å². The van der Waals surface area contributed by atoms with E-state index in [9.17, 15) is 4.79 Å². The van der Waals surface area contributed by atoms with Gasteiger partial charge in [-0.2, -0.15) is 0 Å². The lowest BCUT2D eigenvalue weighted by Crippen LogP contribution is -2.40. The van der Waals surface area contributed by atoms with E-state index < -0.39 is 13.7 Å². The third-order valence-electron chi connectivity index (χ3n) is 6.46. The molecule has 0 aromatic heterocycles. The predicted molar refractivity (Wildman–Crippen MR) is 120 cm³/mol. The summed E-state index contributed by atoms with van der Waals surface area (Å²) in [6.45, 7) is 14.9. The molecule has 0 saturated carbocycles.